The molecule has 0 atom stereocenters. The lowest BCUT2D eigenvalue weighted by Gasteiger charge is -2.10. The van der Waals surface area contributed by atoms with Gasteiger partial charge in [-0.3, -0.25) is 0 Å². The van der Waals surface area contributed by atoms with Crippen LogP contribution in [0.2, 0.25) is 0 Å². The van der Waals surface area contributed by atoms with Crippen LogP contribution < -0.4 is 0 Å². The Morgan fingerprint density at radius 2 is 1.87 bits per heavy atom. The molecule has 0 spiro atoms. The minimum Gasteiger partial charge on any atom is -0.207 e. The van der Waals surface area contributed by atoms with E-state index in [0.29, 0.717) is 5.52 Å². The zero-order valence-corrected chi connectivity index (χ0v) is 9.84. The second-order valence-corrected chi connectivity index (χ2v) is 5.88. The fourth-order valence-corrected chi connectivity index (χ4v) is 2.57. The van der Waals surface area contributed by atoms with Crippen LogP contribution in [0, 0.1) is 0 Å². The standard InChI is InChI=1S/C8H9N3O2S2/c1-11(2)15(12,13)6-3-4-7-8(5-6)10-14-9-7/h3-5H,1-2H3. The molecule has 7 heteroatoms. The first-order valence-corrected chi connectivity index (χ1v) is 6.34. The second kappa shape index (κ2) is 3.51. The fourth-order valence-electron chi connectivity index (χ4n) is 1.13. The average molecular weight is 243 g/mol. The van der Waals surface area contributed by atoms with Gasteiger partial charge in [-0.2, -0.15) is 8.75 Å². The van der Waals surface area contributed by atoms with Gasteiger partial charge in [-0.25, -0.2) is 12.7 Å². The molecule has 2 aromatic rings. The molecule has 80 valence electrons. The second-order valence-electron chi connectivity index (χ2n) is 3.20. The van der Waals surface area contributed by atoms with E-state index in [9.17, 15) is 8.42 Å². The maximum Gasteiger partial charge on any atom is 0.242 e. The van der Waals surface area contributed by atoms with E-state index < -0.39 is 10.0 Å². The van der Waals surface area contributed by atoms with Gasteiger partial charge in [-0.1, -0.05) is 0 Å². The number of fused-ring (bicyclic) bond motifs is 1. The van der Waals surface area contributed by atoms with E-state index >= 15 is 0 Å². The van der Waals surface area contributed by atoms with E-state index in [4.69, 9.17) is 0 Å². The van der Waals surface area contributed by atoms with Crippen molar-refractivity contribution in [2.75, 3.05) is 14.1 Å². The highest BCUT2D eigenvalue weighted by Crippen LogP contribution is 2.18. The van der Waals surface area contributed by atoms with Gasteiger partial charge in [0.15, 0.2) is 0 Å². The summed E-state index contributed by atoms with van der Waals surface area (Å²) in [5.74, 6) is 0. The zero-order valence-electron chi connectivity index (χ0n) is 8.21. The smallest absolute Gasteiger partial charge is 0.207 e. The van der Waals surface area contributed by atoms with E-state index in [1.54, 1.807) is 12.1 Å². The van der Waals surface area contributed by atoms with Crippen LogP contribution in [0.1, 0.15) is 0 Å². The van der Waals surface area contributed by atoms with E-state index in [1.807, 2.05) is 0 Å². The fraction of sp³-hybridized carbons (Fsp3) is 0.250. The van der Waals surface area contributed by atoms with Gasteiger partial charge in [-0.05, 0) is 18.2 Å². The molecule has 1 heterocycles. The Balaban J connectivity index is 2.63. The van der Waals surface area contributed by atoms with Crippen molar-refractivity contribution in [3.63, 3.8) is 0 Å². The summed E-state index contributed by atoms with van der Waals surface area (Å²) in [7, 11) is -0.378. The van der Waals surface area contributed by atoms with E-state index in [2.05, 4.69) is 8.75 Å². The van der Waals surface area contributed by atoms with E-state index in [0.717, 1.165) is 17.2 Å². The van der Waals surface area contributed by atoms with Gasteiger partial charge in [0.1, 0.15) is 11.0 Å². The lowest BCUT2D eigenvalue weighted by atomic mass is 10.3. The molecule has 0 aliphatic carbocycles. The lowest BCUT2D eigenvalue weighted by molar-refractivity contribution is 0.521. The summed E-state index contributed by atoms with van der Waals surface area (Å²) in [6.07, 6.45) is 0. The third kappa shape index (κ3) is 1.73. The van der Waals surface area contributed by atoms with Gasteiger partial charge < -0.3 is 0 Å². The number of sulfonamides is 1. The molecule has 5 nitrogen and oxygen atoms in total. The number of nitrogens with zero attached hydrogens (tertiary/aromatic N) is 3. The highest BCUT2D eigenvalue weighted by Gasteiger charge is 2.17. The Labute approximate surface area is 91.7 Å². The minimum absolute atomic E-state index is 0.243. The van der Waals surface area contributed by atoms with Crippen molar-refractivity contribution in [1.29, 1.82) is 0 Å². The highest BCUT2D eigenvalue weighted by atomic mass is 32.2. The molecule has 0 bridgehead atoms. The number of hydrogen-bond acceptors (Lipinski definition) is 5. The first kappa shape index (κ1) is 10.5. The number of hydrogen-bond donors (Lipinski definition) is 0. The predicted octanol–water partition coefficient (Wildman–Crippen LogP) is 0.942. The van der Waals surface area contributed by atoms with Crippen molar-refractivity contribution in [3.8, 4) is 0 Å². The molecule has 15 heavy (non-hydrogen) atoms. The molecular weight excluding hydrogens is 234 g/mol. The topological polar surface area (TPSA) is 63.2 Å². The molecule has 0 aliphatic heterocycles. The van der Waals surface area contributed by atoms with Crippen LogP contribution in [0.5, 0.6) is 0 Å². The Hall–Kier alpha value is -1.05. The molecule has 0 N–H and O–H groups in total. The Morgan fingerprint density at radius 3 is 2.53 bits per heavy atom. The molecule has 0 fully saturated rings. The summed E-state index contributed by atoms with van der Waals surface area (Å²) in [6, 6.07) is 4.74. The quantitative estimate of drug-likeness (QED) is 0.787. The summed E-state index contributed by atoms with van der Waals surface area (Å²) in [5.41, 5.74) is 1.33. The predicted molar refractivity (Wildman–Crippen MR) is 58.3 cm³/mol. The van der Waals surface area contributed by atoms with Crippen LogP contribution in [0.3, 0.4) is 0 Å². The largest absolute Gasteiger partial charge is 0.242 e. The zero-order chi connectivity index (χ0) is 11.1. The summed E-state index contributed by atoms with van der Waals surface area (Å²) < 4.78 is 32.7. The minimum atomic E-state index is -3.38. The molecular formula is C8H9N3O2S2. The molecule has 1 aromatic carbocycles. The number of benzene rings is 1. The Bertz CT molecular complexity index is 589. The molecule has 0 saturated carbocycles. The lowest BCUT2D eigenvalue weighted by Crippen LogP contribution is -2.22. The summed E-state index contributed by atoms with van der Waals surface area (Å²) in [6.45, 7) is 0. The maximum atomic E-state index is 11.8. The summed E-state index contributed by atoms with van der Waals surface area (Å²) in [4.78, 5) is 0.243. The van der Waals surface area contributed by atoms with Crippen molar-refractivity contribution >= 4 is 32.8 Å². The third-order valence-corrected chi connectivity index (χ3v) is 4.37. The highest BCUT2D eigenvalue weighted by molar-refractivity contribution is 7.89. The van der Waals surface area contributed by atoms with Crippen LogP contribution in [-0.2, 0) is 10.0 Å². The van der Waals surface area contributed by atoms with Crippen molar-refractivity contribution < 1.29 is 8.42 Å². The third-order valence-electron chi connectivity index (χ3n) is 2.00. The summed E-state index contributed by atoms with van der Waals surface area (Å²) >= 11 is 1.07. The summed E-state index contributed by atoms with van der Waals surface area (Å²) in [5, 5.41) is 0. The van der Waals surface area contributed by atoms with E-state index in [-0.39, 0.29) is 4.90 Å². The molecule has 0 aliphatic rings. The normalized spacial score (nSPS) is 12.5. The van der Waals surface area contributed by atoms with Crippen LogP contribution in [0.25, 0.3) is 11.0 Å². The van der Waals surface area contributed by atoms with Crippen molar-refractivity contribution in [2.45, 2.75) is 4.90 Å². The van der Waals surface area contributed by atoms with Crippen LogP contribution in [0.15, 0.2) is 23.1 Å². The first-order chi connectivity index (χ1) is 7.01. The van der Waals surface area contributed by atoms with Crippen molar-refractivity contribution in [3.05, 3.63) is 18.2 Å². The van der Waals surface area contributed by atoms with Crippen molar-refractivity contribution in [2.24, 2.45) is 0 Å². The van der Waals surface area contributed by atoms with Gasteiger partial charge in [0.2, 0.25) is 10.0 Å². The van der Waals surface area contributed by atoms with E-state index in [1.165, 1.54) is 24.5 Å². The van der Waals surface area contributed by atoms with Gasteiger partial charge in [0.25, 0.3) is 0 Å². The molecule has 0 amide bonds. The van der Waals surface area contributed by atoms with Crippen LogP contribution >= 0.6 is 11.7 Å². The number of rotatable bonds is 2. The van der Waals surface area contributed by atoms with Gasteiger partial charge >= 0.3 is 0 Å². The molecule has 0 saturated heterocycles. The van der Waals surface area contributed by atoms with Gasteiger partial charge in [-0.15, -0.1) is 0 Å². The molecule has 1 aromatic heterocycles. The average Bonchev–Trinajstić information content (AvgIpc) is 2.63. The number of aromatic nitrogens is 2. The van der Waals surface area contributed by atoms with Crippen LogP contribution in [0.4, 0.5) is 0 Å². The monoisotopic (exact) mass is 243 g/mol. The van der Waals surface area contributed by atoms with Gasteiger partial charge in [0, 0.05) is 14.1 Å². The van der Waals surface area contributed by atoms with Crippen LogP contribution in [-0.4, -0.2) is 35.6 Å². The van der Waals surface area contributed by atoms with Gasteiger partial charge in [0.05, 0.1) is 16.6 Å². The maximum absolute atomic E-state index is 11.8. The Morgan fingerprint density at radius 1 is 1.20 bits per heavy atom. The molecule has 0 unspecified atom stereocenters. The Kier molecular flexibility index (Phi) is 2.45. The molecule has 0 radical (unpaired) electrons. The van der Waals surface area contributed by atoms with Crippen molar-refractivity contribution in [1.82, 2.24) is 13.1 Å². The SMILES string of the molecule is CN(C)S(=O)(=O)c1ccc2nsnc2c1. The first-order valence-electron chi connectivity index (χ1n) is 4.16. The molecule has 2 rings (SSSR count).